The van der Waals surface area contributed by atoms with E-state index in [1.807, 2.05) is 29.9 Å². The molecule has 1 N–H and O–H groups in total. The Morgan fingerprint density at radius 3 is 2.63 bits per heavy atom. The Kier molecular flexibility index (Phi) is 6.80. The molecule has 0 saturated carbocycles. The zero-order valence-corrected chi connectivity index (χ0v) is 21.1. The molecule has 35 heavy (non-hydrogen) atoms. The predicted octanol–water partition coefficient (Wildman–Crippen LogP) is 3.32. The van der Waals surface area contributed by atoms with E-state index in [0.29, 0.717) is 6.04 Å². The van der Waals surface area contributed by atoms with Crippen LogP contribution in [0.15, 0.2) is 30.6 Å². The Bertz CT molecular complexity index is 1160. The fourth-order valence-electron chi connectivity index (χ4n) is 5.60. The van der Waals surface area contributed by atoms with Crippen molar-refractivity contribution < 1.29 is 9.90 Å². The quantitative estimate of drug-likeness (QED) is 0.560. The summed E-state index contributed by atoms with van der Waals surface area (Å²) >= 11 is 0. The van der Waals surface area contributed by atoms with Crippen molar-refractivity contribution >= 4 is 22.8 Å². The van der Waals surface area contributed by atoms with Crippen LogP contribution >= 0.6 is 0 Å². The first-order chi connectivity index (χ1) is 16.9. The number of piperazine rings is 1. The molecule has 5 rings (SSSR count). The van der Waals surface area contributed by atoms with Crippen LogP contribution in [-0.4, -0.2) is 85.1 Å². The molecule has 0 aliphatic carbocycles. The molecule has 4 heterocycles. The third-order valence-corrected chi connectivity index (χ3v) is 7.70. The van der Waals surface area contributed by atoms with E-state index in [0.717, 1.165) is 93.2 Å². The Hall–Kier alpha value is -2.91. The number of fused-ring (bicyclic) bond motifs is 3. The van der Waals surface area contributed by atoms with Crippen LogP contribution in [-0.2, 0) is 25.9 Å². The summed E-state index contributed by atoms with van der Waals surface area (Å²) in [6, 6.07) is 6.57. The van der Waals surface area contributed by atoms with Crippen molar-refractivity contribution in [1.82, 2.24) is 29.1 Å². The molecular weight excluding hydrogens is 442 g/mol. The fraction of sp³-hybridized carbons (Fsp3) is 0.577. The summed E-state index contributed by atoms with van der Waals surface area (Å²) < 4.78 is 4.30. The number of anilines is 1. The van der Waals surface area contributed by atoms with Crippen molar-refractivity contribution in [3.8, 4) is 0 Å². The molecule has 2 aliphatic heterocycles. The van der Waals surface area contributed by atoms with Crippen molar-refractivity contribution in [1.29, 1.82) is 0 Å². The summed E-state index contributed by atoms with van der Waals surface area (Å²) in [6.07, 6.45) is 5.34. The fourth-order valence-corrected chi connectivity index (χ4v) is 5.60. The van der Waals surface area contributed by atoms with Crippen molar-refractivity contribution in [2.45, 2.75) is 65.2 Å². The summed E-state index contributed by atoms with van der Waals surface area (Å²) in [7, 11) is 0. The van der Waals surface area contributed by atoms with Gasteiger partial charge in [-0.1, -0.05) is 0 Å². The number of carbonyl (C=O) groups is 1. The number of hydrogen-bond donors (Lipinski definition) is 1. The molecule has 0 radical (unpaired) electrons. The summed E-state index contributed by atoms with van der Waals surface area (Å²) in [4.78, 5) is 23.7. The number of benzene rings is 1. The molecule has 1 saturated heterocycles. The van der Waals surface area contributed by atoms with Gasteiger partial charge in [0, 0.05) is 82.3 Å². The van der Waals surface area contributed by atoms with Crippen LogP contribution in [0, 0.1) is 0 Å². The van der Waals surface area contributed by atoms with E-state index >= 15 is 0 Å². The van der Waals surface area contributed by atoms with E-state index in [2.05, 4.69) is 39.4 Å². The highest BCUT2D eigenvalue weighted by Gasteiger charge is 2.30. The number of nitrogens with zero attached hydrogens (tertiary/aromatic N) is 7. The molecule has 2 aliphatic rings. The molecule has 9 heteroatoms. The second kappa shape index (κ2) is 9.99. The summed E-state index contributed by atoms with van der Waals surface area (Å²) in [5, 5.41) is 14.2. The average molecular weight is 480 g/mol. The van der Waals surface area contributed by atoms with Gasteiger partial charge in [0.25, 0.3) is 0 Å². The van der Waals surface area contributed by atoms with E-state index in [1.54, 1.807) is 6.20 Å². The van der Waals surface area contributed by atoms with Crippen LogP contribution < -0.4 is 4.90 Å². The summed E-state index contributed by atoms with van der Waals surface area (Å²) in [5.41, 5.74) is 3.92. The lowest BCUT2D eigenvalue weighted by molar-refractivity contribution is 0.106. The minimum atomic E-state index is -0.892. The van der Waals surface area contributed by atoms with E-state index < -0.39 is 6.09 Å². The topological polar surface area (TPSA) is 82.7 Å². The number of imidazole rings is 1. The molecule has 188 valence electrons. The largest absolute Gasteiger partial charge is 0.465 e. The molecular formula is C26H37N7O2. The zero-order chi connectivity index (χ0) is 24.5. The normalized spacial score (nSPS) is 19.5. The first-order valence-electron chi connectivity index (χ1n) is 12.9. The molecule has 1 aromatic carbocycles. The van der Waals surface area contributed by atoms with Crippen LogP contribution in [0.3, 0.4) is 0 Å². The van der Waals surface area contributed by atoms with Gasteiger partial charge in [-0.15, -0.1) is 0 Å². The third kappa shape index (κ3) is 4.79. The van der Waals surface area contributed by atoms with Crippen LogP contribution in [0.1, 0.15) is 38.6 Å². The lowest BCUT2D eigenvalue weighted by Crippen LogP contribution is -2.49. The number of rotatable bonds is 7. The number of hydrogen-bond acceptors (Lipinski definition) is 5. The number of amides is 1. The first kappa shape index (κ1) is 23.8. The van der Waals surface area contributed by atoms with Gasteiger partial charge in [-0.05, 0) is 51.8 Å². The van der Waals surface area contributed by atoms with Gasteiger partial charge in [0.05, 0.1) is 16.7 Å². The van der Waals surface area contributed by atoms with Crippen molar-refractivity contribution in [2.75, 3.05) is 37.6 Å². The van der Waals surface area contributed by atoms with Crippen molar-refractivity contribution in [3.63, 3.8) is 0 Å². The van der Waals surface area contributed by atoms with Gasteiger partial charge in [-0.3, -0.25) is 19.4 Å². The maximum atomic E-state index is 12.0. The van der Waals surface area contributed by atoms with E-state index in [9.17, 15) is 9.90 Å². The first-order valence-corrected chi connectivity index (χ1v) is 12.9. The molecule has 0 spiro atoms. The summed E-state index contributed by atoms with van der Waals surface area (Å²) in [5.74, 6) is 1.05. The maximum absolute atomic E-state index is 12.0. The van der Waals surface area contributed by atoms with E-state index in [4.69, 9.17) is 4.98 Å². The maximum Gasteiger partial charge on any atom is 0.412 e. The lowest BCUT2D eigenvalue weighted by Gasteiger charge is -2.37. The van der Waals surface area contributed by atoms with Crippen LogP contribution in [0.25, 0.3) is 11.0 Å². The zero-order valence-electron chi connectivity index (χ0n) is 21.1. The standard InChI is InChI=1S/C26H37N7O2/c1-19(2)30-16-13-29(14-17-30)15-18-32-23-8-7-22-21(6-5-20(3)33(22)26(34)35)25(23)28-24(32)9-12-31-11-4-10-27-31/h4,7-8,10-11,19-20H,5-6,9,12-18H2,1-3H3,(H,34,35)/t20-/m0/s1. The van der Waals surface area contributed by atoms with Crippen LogP contribution in [0.2, 0.25) is 0 Å². The van der Waals surface area contributed by atoms with E-state index in [1.165, 1.54) is 4.90 Å². The van der Waals surface area contributed by atoms with Crippen molar-refractivity contribution in [3.05, 3.63) is 42.0 Å². The minimum absolute atomic E-state index is 0.0247. The highest BCUT2D eigenvalue weighted by atomic mass is 16.4. The van der Waals surface area contributed by atoms with Crippen LogP contribution in [0.4, 0.5) is 10.5 Å². The predicted molar refractivity (Wildman–Crippen MR) is 137 cm³/mol. The molecule has 1 fully saturated rings. The molecule has 1 amide bonds. The Morgan fingerprint density at radius 2 is 1.94 bits per heavy atom. The van der Waals surface area contributed by atoms with Gasteiger partial charge < -0.3 is 9.67 Å². The summed E-state index contributed by atoms with van der Waals surface area (Å²) in [6.45, 7) is 13.6. The number of carboxylic acid groups (broad SMARTS) is 1. The number of aromatic nitrogens is 4. The van der Waals surface area contributed by atoms with Gasteiger partial charge in [-0.25, -0.2) is 9.78 Å². The minimum Gasteiger partial charge on any atom is -0.465 e. The molecule has 9 nitrogen and oxygen atoms in total. The van der Waals surface area contributed by atoms with Gasteiger partial charge in [-0.2, -0.15) is 5.10 Å². The molecule has 1 atom stereocenters. The van der Waals surface area contributed by atoms with Gasteiger partial charge >= 0.3 is 6.09 Å². The van der Waals surface area contributed by atoms with Gasteiger partial charge in [0.1, 0.15) is 5.82 Å². The monoisotopic (exact) mass is 479 g/mol. The van der Waals surface area contributed by atoms with Gasteiger partial charge in [0.15, 0.2) is 0 Å². The average Bonchev–Trinajstić information content (AvgIpc) is 3.48. The van der Waals surface area contributed by atoms with Crippen LogP contribution in [0.5, 0.6) is 0 Å². The van der Waals surface area contributed by atoms with Gasteiger partial charge in [0.2, 0.25) is 0 Å². The smallest absolute Gasteiger partial charge is 0.412 e. The number of aryl methyl sites for hydroxylation is 3. The Morgan fingerprint density at radius 1 is 1.14 bits per heavy atom. The highest BCUT2D eigenvalue weighted by Crippen LogP contribution is 2.36. The second-order valence-electron chi connectivity index (χ2n) is 10.1. The Balaban J connectivity index is 1.43. The third-order valence-electron chi connectivity index (χ3n) is 7.70. The Labute approximate surface area is 206 Å². The highest BCUT2D eigenvalue weighted by molar-refractivity contribution is 5.94. The molecule has 0 unspecified atom stereocenters. The second-order valence-corrected chi connectivity index (χ2v) is 10.1. The SMILES string of the molecule is CC(C)N1CCN(CCn2c(CCn3cccn3)nc3c4c(ccc32)N(C(=O)O)[C@@H](C)CC4)CC1. The molecule has 3 aromatic rings. The molecule has 0 bridgehead atoms. The lowest BCUT2D eigenvalue weighted by atomic mass is 9.96. The molecule has 2 aromatic heterocycles. The van der Waals surface area contributed by atoms with E-state index in [-0.39, 0.29) is 6.04 Å². The van der Waals surface area contributed by atoms with Crippen molar-refractivity contribution in [2.24, 2.45) is 0 Å².